The normalized spacial score (nSPS) is 19.6. The average molecular weight is 793 g/mol. The number of aromatic nitrogens is 2. The Labute approximate surface area is 326 Å². The van der Waals surface area contributed by atoms with E-state index in [4.69, 9.17) is 18.9 Å². The first-order valence-corrected chi connectivity index (χ1v) is 20.3. The van der Waals surface area contributed by atoms with Crippen LogP contribution in [0.4, 0.5) is 4.79 Å². The summed E-state index contributed by atoms with van der Waals surface area (Å²) in [6.07, 6.45) is 4.23. The lowest BCUT2D eigenvalue weighted by molar-refractivity contribution is -0.138. The van der Waals surface area contributed by atoms with Crippen LogP contribution >= 0.6 is 0 Å². The molecule has 56 heavy (non-hydrogen) atoms. The number of likely N-dealkylation sites (tertiary alicyclic amines) is 1. The molecule has 2 aliphatic carbocycles. The first-order valence-electron chi connectivity index (χ1n) is 19.0. The van der Waals surface area contributed by atoms with E-state index >= 15 is 0 Å². The van der Waals surface area contributed by atoms with Gasteiger partial charge in [0, 0.05) is 31.4 Å². The zero-order valence-corrected chi connectivity index (χ0v) is 32.8. The van der Waals surface area contributed by atoms with Crippen LogP contribution in [0.1, 0.15) is 72.6 Å². The van der Waals surface area contributed by atoms with Gasteiger partial charge in [0.15, 0.2) is 11.5 Å². The summed E-state index contributed by atoms with van der Waals surface area (Å²) in [5.41, 5.74) is 0.695. The van der Waals surface area contributed by atoms with E-state index in [1.807, 2.05) is 13.8 Å². The van der Waals surface area contributed by atoms with Crippen molar-refractivity contribution in [3.63, 3.8) is 0 Å². The Bertz CT molecular complexity index is 2110. The number of H-pyrrole nitrogens is 1. The van der Waals surface area contributed by atoms with Crippen molar-refractivity contribution in [1.29, 1.82) is 0 Å². The lowest BCUT2D eigenvalue weighted by Crippen LogP contribution is -2.54. The van der Waals surface area contributed by atoms with Crippen LogP contribution in [0, 0.1) is 11.3 Å². The predicted octanol–water partition coefficient (Wildman–Crippen LogP) is 3.45. The second-order valence-corrected chi connectivity index (χ2v) is 17.6. The molecule has 7 rings (SSSR count). The van der Waals surface area contributed by atoms with Crippen molar-refractivity contribution in [2.75, 3.05) is 26.3 Å². The number of aromatic amines is 1. The van der Waals surface area contributed by atoms with E-state index in [0.717, 1.165) is 25.7 Å². The Morgan fingerprint density at radius 3 is 2.61 bits per heavy atom. The fourth-order valence-electron chi connectivity index (χ4n) is 6.69. The van der Waals surface area contributed by atoms with Gasteiger partial charge < -0.3 is 39.5 Å². The Hall–Kier alpha value is -5.19. The van der Waals surface area contributed by atoms with E-state index in [9.17, 15) is 28.2 Å². The average Bonchev–Trinajstić information content (AvgIpc) is 4.09. The third-order valence-electron chi connectivity index (χ3n) is 10.0. The number of fused-ring (bicyclic) bond motifs is 3. The molecule has 3 fully saturated rings. The van der Waals surface area contributed by atoms with Crippen molar-refractivity contribution >= 4 is 45.8 Å². The molecule has 0 bridgehead atoms. The summed E-state index contributed by atoms with van der Waals surface area (Å²) in [6.45, 7) is 7.35. The number of ether oxygens (including phenoxy) is 4. The molecule has 4 aliphatic rings. The van der Waals surface area contributed by atoms with E-state index in [1.54, 1.807) is 50.2 Å². The molecule has 4 N–H and O–H groups in total. The summed E-state index contributed by atoms with van der Waals surface area (Å²) in [4.78, 5) is 74.1. The van der Waals surface area contributed by atoms with Gasteiger partial charge in [-0.2, -0.15) is 0 Å². The number of rotatable bonds is 15. The SMILES string of the molecule is CC(C)(COC(=O)NCC(=O)N1CCCC1C(=O)NC(CC1CC1)C(=O)NS(=O)C1CC1)COc1cccc(-c2nc3ccc4c(c3[nH]c2=O)OC(C)(C)O4)c1. The third kappa shape index (κ3) is 9.42. The number of nitrogens with one attached hydrogen (secondary N) is 4. The molecule has 16 nitrogen and oxygen atoms in total. The second-order valence-electron chi connectivity index (χ2n) is 16.2. The molecular formula is C39H48N6O10S. The summed E-state index contributed by atoms with van der Waals surface area (Å²) in [6, 6.07) is 8.87. The molecule has 2 saturated carbocycles. The summed E-state index contributed by atoms with van der Waals surface area (Å²) < 4.78 is 38.0. The molecule has 3 atom stereocenters. The fraction of sp³-hybridized carbons (Fsp3) is 0.538. The Morgan fingerprint density at radius 2 is 1.86 bits per heavy atom. The number of hydrogen-bond acceptors (Lipinski definition) is 11. The highest BCUT2D eigenvalue weighted by atomic mass is 32.2. The van der Waals surface area contributed by atoms with Crippen molar-refractivity contribution in [3.05, 3.63) is 46.8 Å². The van der Waals surface area contributed by atoms with E-state index in [2.05, 4.69) is 25.3 Å². The number of amides is 4. The molecule has 300 valence electrons. The quantitative estimate of drug-likeness (QED) is 0.175. The summed E-state index contributed by atoms with van der Waals surface area (Å²) >= 11 is 0. The van der Waals surface area contributed by atoms with Crippen molar-refractivity contribution in [1.82, 2.24) is 30.2 Å². The van der Waals surface area contributed by atoms with Crippen molar-refractivity contribution in [3.8, 4) is 28.5 Å². The highest BCUT2D eigenvalue weighted by Gasteiger charge is 2.39. The topological polar surface area (TPSA) is 207 Å². The van der Waals surface area contributed by atoms with E-state index in [0.29, 0.717) is 65.6 Å². The molecule has 3 unspecified atom stereocenters. The van der Waals surface area contributed by atoms with Gasteiger partial charge in [0.1, 0.15) is 53.2 Å². The lowest BCUT2D eigenvalue weighted by atomic mass is 9.96. The second kappa shape index (κ2) is 15.7. The maximum absolute atomic E-state index is 13.3. The van der Waals surface area contributed by atoms with Crippen LogP contribution in [0.25, 0.3) is 22.3 Å². The van der Waals surface area contributed by atoms with Gasteiger partial charge in [-0.1, -0.05) is 38.8 Å². The molecule has 0 radical (unpaired) electrons. The summed E-state index contributed by atoms with van der Waals surface area (Å²) in [5.74, 6) is -0.445. The largest absolute Gasteiger partial charge is 0.493 e. The number of nitrogens with zero attached hydrogens (tertiary/aromatic N) is 2. The van der Waals surface area contributed by atoms with Crippen LogP contribution in [0.5, 0.6) is 17.2 Å². The smallest absolute Gasteiger partial charge is 0.407 e. The summed E-state index contributed by atoms with van der Waals surface area (Å²) in [7, 11) is -1.47. The Kier molecular flexibility index (Phi) is 11.0. The van der Waals surface area contributed by atoms with Gasteiger partial charge in [0.05, 0.1) is 17.4 Å². The molecule has 4 amide bonds. The fourth-order valence-corrected chi connectivity index (χ4v) is 7.77. The van der Waals surface area contributed by atoms with Crippen molar-refractivity contribution in [2.45, 2.75) is 95.8 Å². The van der Waals surface area contributed by atoms with E-state index in [-0.39, 0.29) is 30.7 Å². The maximum Gasteiger partial charge on any atom is 0.407 e. The molecule has 0 spiro atoms. The predicted molar refractivity (Wildman–Crippen MR) is 205 cm³/mol. The highest BCUT2D eigenvalue weighted by Crippen LogP contribution is 2.43. The summed E-state index contributed by atoms with van der Waals surface area (Å²) in [5, 5.41) is 5.26. The molecular weight excluding hydrogens is 745 g/mol. The minimum atomic E-state index is -1.47. The lowest BCUT2D eigenvalue weighted by Gasteiger charge is -2.27. The molecule has 1 saturated heterocycles. The van der Waals surface area contributed by atoms with Gasteiger partial charge in [0.2, 0.25) is 17.6 Å². The zero-order chi connectivity index (χ0) is 39.8. The molecule has 3 aromatic rings. The van der Waals surface area contributed by atoms with Crippen LogP contribution in [0.3, 0.4) is 0 Å². The van der Waals surface area contributed by atoms with Gasteiger partial charge in [-0.05, 0) is 62.3 Å². The van der Waals surface area contributed by atoms with Gasteiger partial charge >= 0.3 is 6.09 Å². The Balaban J connectivity index is 0.877. The first kappa shape index (κ1) is 39.1. The molecule has 17 heteroatoms. The maximum atomic E-state index is 13.3. The number of carbonyl (C=O) groups excluding carboxylic acids is 4. The first-order chi connectivity index (χ1) is 26.6. The van der Waals surface area contributed by atoms with Crippen LogP contribution in [0.15, 0.2) is 41.2 Å². The molecule has 2 aliphatic heterocycles. The van der Waals surface area contributed by atoms with Gasteiger partial charge in [-0.25, -0.2) is 14.0 Å². The number of hydrogen-bond donors (Lipinski definition) is 4. The van der Waals surface area contributed by atoms with Crippen LogP contribution in [0.2, 0.25) is 0 Å². The van der Waals surface area contributed by atoms with E-state index < -0.39 is 63.6 Å². The third-order valence-corrected chi connectivity index (χ3v) is 11.5. The van der Waals surface area contributed by atoms with Gasteiger partial charge in [-0.3, -0.25) is 23.9 Å². The molecule has 3 heterocycles. The van der Waals surface area contributed by atoms with Crippen molar-refractivity contribution in [2.24, 2.45) is 11.3 Å². The van der Waals surface area contributed by atoms with Gasteiger partial charge in [-0.15, -0.1) is 0 Å². The number of alkyl carbamates (subject to hydrolysis) is 1. The highest BCUT2D eigenvalue weighted by molar-refractivity contribution is 7.84. The minimum absolute atomic E-state index is 0.0296. The Morgan fingerprint density at radius 1 is 1.07 bits per heavy atom. The van der Waals surface area contributed by atoms with Crippen LogP contribution in [-0.4, -0.2) is 92.3 Å². The standard InChI is InChI=1S/C39H48N6O10S/c1-38(2,20-52-24-8-5-7-23(18-24)31-36(49)43-32-26(41-31)14-15-29-33(32)55-39(3,4)54-29)21-53-37(50)40-19-30(46)45-16-6-9-28(45)35(48)42-27(17-22-10-11-22)34(47)44-56(51)25-12-13-25/h5,7-8,14-15,18,22,25,27-28H,6,9-13,16-17,19-21H2,1-4H3,(H,40,50)(H,42,48)(H,43,49)(H,44,47). The van der Waals surface area contributed by atoms with Crippen LogP contribution in [-0.2, 0) is 30.1 Å². The van der Waals surface area contributed by atoms with Crippen molar-refractivity contribution < 1.29 is 42.3 Å². The van der Waals surface area contributed by atoms with Crippen LogP contribution < -0.4 is 35.1 Å². The number of carbonyl (C=O) groups is 4. The number of benzene rings is 2. The zero-order valence-electron chi connectivity index (χ0n) is 31.9. The molecule has 1 aromatic heterocycles. The minimum Gasteiger partial charge on any atom is -0.493 e. The van der Waals surface area contributed by atoms with Gasteiger partial charge in [0.25, 0.3) is 11.5 Å². The molecule has 2 aromatic carbocycles. The van der Waals surface area contributed by atoms with E-state index in [1.165, 1.54) is 4.90 Å². The monoisotopic (exact) mass is 792 g/mol.